The highest BCUT2D eigenvalue weighted by atomic mass is 19.3. The molecule has 120 valence electrons. The van der Waals surface area contributed by atoms with E-state index in [2.05, 4.69) is 10.6 Å². The highest BCUT2D eigenvalue weighted by Crippen LogP contribution is 2.32. The molecular weight excluding hydrogens is 290 g/mol. The van der Waals surface area contributed by atoms with Gasteiger partial charge in [-0.3, -0.25) is 9.59 Å². The normalized spacial score (nSPS) is 17.5. The topological polar surface area (TPSA) is 58.2 Å². The third kappa shape index (κ3) is 3.81. The van der Waals surface area contributed by atoms with E-state index in [4.69, 9.17) is 0 Å². The monoisotopic (exact) mass is 310 g/mol. The summed E-state index contributed by atoms with van der Waals surface area (Å²) < 4.78 is 29.0. The van der Waals surface area contributed by atoms with E-state index in [0.717, 1.165) is 32.1 Å². The molecule has 2 rings (SSSR count). The maximum absolute atomic E-state index is 14.5. The summed E-state index contributed by atoms with van der Waals surface area (Å²) in [5.74, 6) is -5.04. The van der Waals surface area contributed by atoms with Crippen LogP contribution in [0.4, 0.5) is 8.78 Å². The van der Waals surface area contributed by atoms with E-state index in [1.807, 2.05) is 0 Å². The molecule has 1 fully saturated rings. The average molecular weight is 310 g/mol. The van der Waals surface area contributed by atoms with E-state index in [0.29, 0.717) is 0 Å². The number of hydrogen-bond acceptors (Lipinski definition) is 2. The highest BCUT2D eigenvalue weighted by Gasteiger charge is 2.48. The van der Waals surface area contributed by atoms with Crippen LogP contribution in [0.1, 0.15) is 43.7 Å². The molecule has 1 aliphatic rings. The third-order valence-electron chi connectivity index (χ3n) is 3.97. The van der Waals surface area contributed by atoms with E-state index in [1.165, 1.54) is 12.1 Å². The summed E-state index contributed by atoms with van der Waals surface area (Å²) in [6.45, 7) is 0. The summed E-state index contributed by atoms with van der Waals surface area (Å²) >= 11 is 0. The molecule has 22 heavy (non-hydrogen) atoms. The fourth-order valence-electron chi connectivity index (χ4n) is 2.78. The highest BCUT2D eigenvalue weighted by molar-refractivity contribution is 5.85. The number of rotatable bonds is 6. The molecule has 0 aliphatic heterocycles. The van der Waals surface area contributed by atoms with Crippen molar-refractivity contribution >= 4 is 12.3 Å². The number of carbonyl (C=O) groups excluding carboxylic acids is 2. The summed E-state index contributed by atoms with van der Waals surface area (Å²) in [7, 11) is 0. The van der Waals surface area contributed by atoms with Crippen molar-refractivity contribution in [3.8, 4) is 0 Å². The zero-order chi connectivity index (χ0) is 16.0. The Hall–Kier alpha value is -1.98. The van der Waals surface area contributed by atoms with Crippen LogP contribution in [-0.4, -0.2) is 24.3 Å². The predicted octanol–water partition coefficient (Wildman–Crippen LogP) is 2.56. The van der Waals surface area contributed by atoms with Crippen LogP contribution < -0.4 is 10.6 Å². The van der Waals surface area contributed by atoms with Crippen LogP contribution >= 0.6 is 0 Å². The minimum atomic E-state index is -3.71. The van der Waals surface area contributed by atoms with Gasteiger partial charge in [0.25, 0.3) is 5.91 Å². The van der Waals surface area contributed by atoms with Gasteiger partial charge in [0, 0.05) is 6.04 Å². The summed E-state index contributed by atoms with van der Waals surface area (Å²) in [5.41, 5.74) is 0.193. The summed E-state index contributed by atoms with van der Waals surface area (Å²) in [6.07, 6.45) is 4.58. The molecule has 6 heteroatoms. The molecule has 0 spiro atoms. The molecule has 1 saturated carbocycles. The molecule has 0 saturated heterocycles. The predicted molar refractivity (Wildman–Crippen MR) is 78.3 cm³/mol. The van der Waals surface area contributed by atoms with Gasteiger partial charge in [-0.15, -0.1) is 0 Å². The Bertz CT molecular complexity index is 502. The molecule has 0 radical (unpaired) electrons. The second-order valence-corrected chi connectivity index (χ2v) is 5.56. The standard InChI is InChI=1S/C16H20F2N2O2/c17-16(18,15(22)20-13-9-5-2-6-10-13)14(19-11-21)12-7-3-1-4-8-12/h1,3-4,7-8,11,13-14H,2,5-6,9-10H2,(H,19,21)(H,20,22). The second kappa shape index (κ2) is 7.33. The second-order valence-electron chi connectivity index (χ2n) is 5.56. The minimum Gasteiger partial charge on any atom is -0.348 e. The van der Waals surface area contributed by atoms with Gasteiger partial charge in [0.05, 0.1) is 0 Å². The Kier molecular flexibility index (Phi) is 5.46. The van der Waals surface area contributed by atoms with E-state index in [1.54, 1.807) is 18.2 Å². The number of alkyl halides is 2. The van der Waals surface area contributed by atoms with Gasteiger partial charge in [0.1, 0.15) is 6.04 Å². The molecule has 0 aromatic heterocycles. The number of carbonyl (C=O) groups is 2. The van der Waals surface area contributed by atoms with Crippen molar-refractivity contribution in [1.29, 1.82) is 0 Å². The van der Waals surface area contributed by atoms with Crippen molar-refractivity contribution in [3.05, 3.63) is 35.9 Å². The average Bonchev–Trinajstić information content (AvgIpc) is 2.54. The largest absolute Gasteiger partial charge is 0.348 e. The van der Waals surface area contributed by atoms with Crippen LogP contribution in [0.2, 0.25) is 0 Å². The quantitative estimate of drug-likeness (QED) is 0.793. The van der Waals surface area contributed by atoms with Gasteiger partial charge in [-0.1, -0.05) is 49.6 Å². The van der Waals surface area contributed by atoms with Crippen molar-refractivity contribution in [3.63, 3.8) is 0 Å². The molecule has 2 amide bonds. The van der Waals surface area contributed by atoms with Crippen LogP contribution in [0.5, 0.6) is 0 Å². The molecule has 1 aromatic rings. The number of hydrogen-bond donors (Lipinski definition) is 2. The first-order valence-corrected chi connectivity index (χ1v) is 7.49. The zero-order valence-corrected chi connectivity index (χ0v) is 12.2. The molecule has 1 unspecified atom stereocenters. The lowest BCUT2D eigenvalue weighted by Crippen LogP contribution is -2.51. The molecule has 0 bridgehead atoms. The lowest BCUT2D eigenvalue weighted by Gasteiger charge is -2.29. The smallest absolute Gasteiger partial charge is 0.348 e. The summed E-state index contributed by atoms with van der Waals surface area (Å²) in [4.78, 5) is 22.7. The van der Waals surface area contributed by atoms with Crippen LogP contribution in [0.25, 0.3) is 0 Å². The first-order valence-electron chi connectivity index (χ1n) is 7.49. The summed E-state index contributed by atoms with van der Waals surface area (Å²) in [6, 6.07) is 5.90. The van der Waals surface area contributed by atoms with Crippen molar-refractivity contribution in [2.75, 3.05) is 0 Å². The molecule has 0 heterocycles. The van der Waals surface area contributed by atoms with Crippen LogP contribution in [0.15, 0.2) is 30.3 Å². The lowest BCUT2D eigenvalue weighted by molar-refractivity contribution is -0.152. The Balaban J connectivity index is 2.13. The SMILES string of the molecule is O=CNC(c1ccccc1)C(F)(F)C(=O)NC1CCCCC1. The van der Waals surface area contributed by atoms with E-state index < -0.39 is 17.9 Å². The van der Waals surface area contributed by atoms with Gasteiger partial charge in [0.15, 0.2) is 0 Å². The number of halogens is 2. The Labute approximate surface area is 128 Å². The first kappa shape index (κ1) is 16.4. The first-order chi connectivity index (χ1) is 10.6. The Morgan fingerprint density at radius 3 is 2.41 bits per heavy atom. The minimum absolute atomic E-state index is 0.193. The molecule has 4 nitrogen and oxygen atoms in total. The van der Waals surface area contributed by atoms with Gasteiger partial charge < -0.3 is 10.6 Å². The molecule has 1 aromatic carbocycles. The lowest BCUT2D eigenvalue weighted by atomic mass is 9.94. The van der Waals surface area contributed by atoms with Gasteiger partial charge in [-0.05, 0) is 18.4 Å². The van der Waals surface area contributed by atoms with Crippen molar-refractivity contribution in [1.82, 2.24) is 10.6 Å². The van der Waals surface area contributed by atoms with Crippen molar-refractivity contribution < 1.29 is 18.4 Å². The zero-order valence-electron chi connectivity index (χ0n) is 12.2. The third-order valence-corrected chi connectivity index (χ3v) is 3.97. The number of benzene rings is 1. The van der Waals surface area contributed by atoms with Gasteiger partial charge in [-0.2, -0.15) is 8.78 Å². The fraction of sp³-hybridized carbons (Fsp3) is 0.500. The maximum atomic E-state index is 14.5. The number of nitrogens with one attached hydrogen (secondary N) is 2. The molecule has 1 atom stereocenters. The van der Waals surface area contributed by atoms with Crippen LogP contribution in [-0.2, 0) is 9.59 Å². The van der Waals surface area contributed by atoms with Gasteiger partial charge in [0.2, 0.25) is 6.41 Å². The maximum Gasteiger partial charge on any atom is 0.348 e. The van der Waals surface area contributed by atoms with E-state index in [9.17, 15) is 18.4 Å². The van der Waals surface area contributed by atoms with E-state index in [-0.39, 0.29) is 18.0 Å². The molecular formula is C16H20F2N2O2. The van der Waals surface area contributed by atoms with Crippen LogP contribution in [0.3, 0.4) is 0 Å². The van der Waals surface area contributed by atoms with Gasteiger partial charge >= 0.3 is 5.92 Å². The molecule has 1 aliphatic carbocycles. The fourth-order valence-corrected chi connectivity index (χ4v) is 2.78. The van der Waals surface area contributed by atoms with E-state index >= 15 is 0 Å². The number of amides is 2. The summed E-state index contributed by atoms with van der Waals surface area (Å²) in [5, 5.41) is 4.49. The van der Waals surface area contributed by atoms with Gasteiger partial charge in [-0.25, -0.2) is 0 Å². The Morgan fingerprint density at radius 2 is 1.82 bits per heavy atom. The van der Waals surface area contributed by atoms with Crippen LogP contribution in [0, 0.1) is 0 Å². The van der Waals surface area contributed by atoms with Crippen molar-refractivity contribution in [2.24, 2.45) is 0 Å². The molecule has 2 N–H and O–H groups in total. The Morgan fingerprint density at radius 1 is 1.18 bits per heavy atom. The van der Waals surface area contributed by atoms with Crippen molar-refractivity contribution in [2.45, 2.75) is 50.1 Å².